The fourth-order valence-electron chi connectivity index (χ4n) is 4.81. The zero-order valence-corrected chi connectivity index (χ0v) is 22.4. The van der Waals surface area contributed by atoms with E-state index in [1.165, 1.54) is 75.5 Å². The molecule has 0 spiro atoms. The molecule has 1 aliphatic rings. The topological polar surface area (TPSA) is 0 Å². The van der Waals surface area contributed by atoms with Gasteiger partial charge in [0.1, 0.15) is 0 Å². The second-order valence-corrected chi connectivity index (χ2v) is 18.2. The van der Waals surface area contributed by atoms with E-state index in [1.54, 1.807) is 25.4 Å². The number of aryl methyl sites for hydroxylation is 1. The first-order valence-corrected chi connectivity index (χ1v) is 17.2. The lowest BCUT2D eigenvalue weighted by Crippen LogP contribution is -2.35. The molecule has 3 heteroatoms. The van der Waals surface area contributed by atoms with E-state index in [0.29, 0.717) is 0 Å². The predicted molar refractivity (Wildman–Crippen MR) is 138 cm³/mol. The summed E-state index contributed by atoms with van der Waals surface area (Å²) in [6, 6.07) is 5.11. The van der Waals surface area contributed by atoms with Gasteiger partial charge in [0, 0.05) is 20.0 Å². The molecular formula is C26H42S2Si. The molecule has 2 heterocycles. The van der Waals surface area contributed by atoms with Gasteiger partial charge in [-0.05, 0) is 41.1 Å². The van der Waals surface area contributed by atoms with Crippen LogP contribution in [0.5, 0.6) is 0 Å². The molecule has 1 aliphatic carbocycles. The Morgan fingerprint density at radius 3 is 1.86 bits per heavy atom. The molecule has 0 fully saturated rings. The Morgan fingerprint density at radius 2 is 1.28 bits per heavy atom. The quantitative estimate of drug-likeness (QED) is 0.225. The maximum absolute atomic E-state index is 2.62. The molecule has 0 bridgehead atoms. The monoisotopic (exact) mass is 446 g/mol. The highest BCUT2D eigenvalue weighted by Gasteiger charge is 2.42. The Bertz CT molecular complexity index is 792. The van der Waals surface area contributed by atoms with Gasteiger partial charge in [-0.25, -0.2) is 0 Å². The van der Waals surface area contributed by atoms with Gasteiger partial charge in [-0.2, -0.15) is 0 Å². The standard InChI is InChI=1S/C26H42S2Si/c1-7-8-9-10-11-12-13-14-15-16-17-26(3)21-18-20(2)27-24(21)25-22(26)19-23(28-25)29(4,5)6/h18-19H,7-17H2,1-6H3. The van der Waals surface area contributed by atoms with Crippen molar-refractivity contribution in [2.24, 2.45) is 0 Å². The van der Waals surface area contributed by atoms with Crippen molar-refractivity contribution < 1.29 is 0 Å². The highest BCUT2D eigenvalue weighted by atomic mass is 32.1. The predicted octanol–water partition coefficient (Wildman–Crippen LogP) is 9.26. The highest BCUT2D eigenvalue weighted by molar-refractivity contribution is 7.31. The molecule has 0 aromatic carbocycles. The number of unbranched alkanes of at least 4 members (excludes halogenated alkanes) is 9. The van der Waals surface area contributed by atoms with E-state index in [1.807, 2.05) is 11.3 Å². The van der Waals surface area contributed by atoms with Crippen molar-refractivity contribution in [1.29, 1.82) is 0 Å². The largest absolute Gasteiger partial charge is 0.144 e. The van der Waals surface area contributed by atoms with Crippen LogP contribution in [-0.2, 0) is 5.41 Å². The second-order valence-electron chi connectivity index (χ2n) is 10.5. The number of rotatable bonds is 12. The summed E-state index contributed by atoms with van der Waals surface area (Å²) in [4.78, 5) is 4.70. The first kappa shape index (κ1) is 23.3. The minimum absolute atomic E-state index is 0.254. The summed E-state index contributed by atoms with van der Waals surface area (Å²) in [7, 11) is -1.25. The fourth-order valence-corrected chi connectivity index (χ4v) is 9.26. The summed E-state index contributed by atoms with van der Waals surface area (Å²) in [5.41, 5.74) is 3.56. The van der Waals surface area contributed by atoms with Gasteiger partial charge in [-0.15, -0.1) is 22.7 Å². The van der Waals surface area contributed by atoms with Crippen molar-refractivity contribution in [2.45, 2.75) is 116 Å². The summed E-state index contributed by atoms with van der Waals surface area (Å²) < 4.78 is 1.69. The van der Waals surface area contributed by atoms with E-state index >= 15 is 0 Å². The van der Waals surface area contributed by atoms with Gasteiger partial charge >= 0.3 is 0 Å². The van der Waals surface area contributed by atoms with Gasteiger partial charge in [0.2, 0.25) is 0 Å². The van der Waals surface area contributed by atoms with Gasteiger partial charge in [0.25, 0.3) is 0 Å². The minimum atomic E-state index is -1.25. The van der Waals surface area contributed by atoms with Crippen molar-refractivity contribution in [2.75, 3.05) is 0 Å². The van der Waals surface area contributed by atoms with Crippen LogP contribution in [0.4, 0.5) is 0 Å². The van der Waals surface area contributed by atoms with Crippen molar-refractivity contribution in [3.63, 3.8) is 0 Å². The van der Waals surface area contributed by atoms with Crippen molar-refractivity contribution in [3.05, 3.63) is 28.1 Å². The molecule has 3 rings (SSSR count). The third-order valence-electron chi connectivity index (χ3n) is 6.75. The van der Waals surface area contributed by atoms with Gasteiger partial charge in [0.05, 0.1) is 8.07 Å². The van der Waals surface area contributed by atoms with E-state index < -0.39 is 8.07 Å². The van der Waals surface area contributed by atoms with Gasteiger partial charge in [0.15, 0.2) is 0 Å². The Kier molecular flexibility index (Phi) is 7.89. The van der Waals surface area contributed by atoms with Crippen LogP contribution in [-0.4, -0.2) is 8.07 Å². The summed E-state index contributed by atoms with van der Waals surface area (Å²) in [5.74, 6) is 0. The average molecular weight is 447 g/mol. The first-order chi connectivity index (χ1) is 13.8. The van der Waals surface area contributed by atoms with E-state index in [2.05, 4.69) is 63.9 Å². The van der Waals surface area contributed by atoms with Crippen LogP contribution in [0.3, 0.4) is 0 Å². The molecule has 2 aromatic rings. The normalized spacial score (nSPS) is 18.3. The number of thiophene rings is 2. The molecule has 29 heavy (non-hydrogen) atoms. The van der Waals surface area contributed by atoms with Crippen LogP contribution < -0.4 is 4.50 Å². The van der Waals surface area contributed by atoms with E-state index in [0.717, 1.165) is 0 Å². The second kappa shape index (κ2) is 9.83. The number of hydrogen-bond acceptors (Lipinski definition) is 2. The maximum Gasteiger partial charge on any atom is 0.0904 e. The van der Waals surface area contributed by atoms with Gasteiger partial charge in [-0.3, -0.25) is 0 Å². The number of fused-ring (bicyclic) bond motifs is 3. The highest BCUT2D eigenvalue weighted by Crippen LogP contribution is 2.56. The third-order valence-corrected chi connectivity index (χ3v) is 12.7. The lowest BCUT2D eigenvalue weighted by atomic mass is 9.77. The smallest absolute Gasteiger partial charge is 0.0904 e. The molecule has 0 amide bonds. The molecule has 0 saturated heterocycles. The molecule has 0 nitrogen and oxygen atoms in total. The molecule has 0 saturated carbocycles. The molecular weight excluding hydrogens is 405 g/mol. The molecule has 1 unspecified atom stereocenters. The third kappa shape index (κ3) is 5.27. The molecule has 162 valence electrons. The Labute approximate surface area is 189 Å². The van der Waals surface area contributed by atoms with E-state index in [4.69, 9.17) is 0 Å². The Hall–Kier alpha value is -0.383. The van der Waals surface area contributed by atoms with Crippen LogP contribution in [0.25, 0.3) is 9.75 Å². The minimum Gasteiger partial charge on any atom is -0.144 e. The van der Waals surface area contributed by atoms with Crippen molar-refractivity contribution in [1.82, 2.24) is 0 Å². The van der Waals surface area contributed by atoms with Crippen molar-refractivity contribution >= 4 is 35.2 Å². The first-order valence-electron chi connectivity index (χ1n) is 12.0. The summed E-state index contributed by atoms with van der Waals surface area (Å²) in [6.07, 6.45) is 15.5. The average Bonchev–Trinajstić information content (AvgIpc) is 3.31. The molecule has 1 atom stereocenters. The van der Waals surface area contributed by atoms with Gasteiger partial charge in [-0.1, -0.05) is 97.7 Å². The van der Waals surface area contributed by atoms with E-state index in [-0.39, 0.29) is 5.41 Å². The molecule has 0 aliphatic heterocycles. The maximum atomic E-state index is 2.62. The molecule has 2 aromatic heterocycles. The Morgan fingerprint density at radius 1 is 0.759 bits per heavy atom. The number of hydrogen-bond donors (Lipinski definition) is 0. The zero-order valence-electron chi connectivity index (χ0n) is 19.7. The van der Waals surface area contributed by atoms with Crippen molar-refractivity contribution in [3.8, 4) is 9.75 Å². The van der Waals surface area contributed by atoms with Crippen LogP contribution in [0.1, 0.15) is 100 Å². The van der Waals surface area contributed by atoms with Crippen LogP contribution in [0.2, 0.25) is 19.6 Å². The Balaban J connectivity index is 1.57. The lowest BCUT2D eigenvalue weighted by Gasteiger charge is -2.26. The lowest BCUT2D eigenvalue weighted by molar-refractivity contribution is 0.478. The SMILES string of the molecule is CCCCCCCCCCCCC1(C)c2cc(C)sc2-c2sc([Si](C)(C)C)cc21. The van der Waals surface area contributed by atoms with Crippen LogP contribution >= 0.6 is 22.7 Å². The summed E-state index contributed by atoms with van der Waals surface area (Å²) in [6.45, 7) is 14.6. The van der Waals surface area contributed by atoms with Gasteiger partial charge < -0.3 is 0 Å². The van der Waals surface area contributed by atoms with Crippen LogP contribution in [0, 0.1) is 6.92 Å². The summed E-state index contributed by atoms with van der Waals surface area (Å²) in [5, 5.41) is 0. The molecule has 0 N–H and O–H groups in total. The fraction of sp³-hybridized carbons (Fsp3) is 0.692. The van der Waals surface area contributed by atoms with E-state index in [9.17, 15) is 0 Å². The van der Waals surface area contributed by atoms with Crippen LogP contribution in [0.15, 0.2) is 12.1 Å². The molecule has 0 radical (unpaired) electrons. The summed E-state index contributed by atoms with van der Waals surface area (Å²) >= 11 is 4.15. The zero-order chi connectivity index (χ0) is 21.1.